The lowest BCUT2D eigenvalue weighted by atomic mass is 9.78. The van der Waals surface area contributed by atoms with Crippen molar-refractivity contribution in [1.82, 2.24) is 4.90 Å². The SMILES string of the molecule is CCCOC1CCCN(C2CCC2C(=O)O)C1. The van der Waals surface area contributed by atoms with Gasteiger partial charge in [-0.3, -0.25) is 9.69 Å². The number of hydrogen-bond acceptors (Lipinski definition) is 3. The van der Waals surface area contributed by atoms with Crippen molar-refractivity contribution in [3.63, 3.8) is 0 Å². The Morgan fingerprint density at radius 1 is 1.41 bits per heavy atom. The zero-order chi connectivity index (χ0) is 12.3. The smallest absolute Gasteiger partial charge is 0.308 e. The van der Waals surface area contributed by atoms with E-state index in [0.29, 0.717) is 6.10 Å². The van der Waals surface area contributed by atoms with E-state index < -0.39 is 5.97 Å². The van der Waals surface area contributed by atoms with E-state index in [1.54, 1.807) is 0 Å². The minimum absolute atomic E-state index is 0.139. The number of hydrogen-bond donors (Lipinski definition) is 1. The maximum Gasteiger partial charge on any atom is 0.308 e. The minimum atomic E-state index is -0.627. The van der Waals surface area contributed by atoms with Gasteiger partial charge >= 0.3 is 5.97 Å². The summed E-state index contributed by atoms with van der Waals surface area (Å²) in [5.41, 5.74) is 0. The van der Waals surface area contributed by atoms with Gasteiger partial charge in [0.15, 0.2) is 0 Å². The van der Waals surface area contributed by atoms with Crippen molar-refractivity contribution >= 4 is 5.97 Å². The van der Waals surface area contributed by atoms with Crippen LogP contribution in [-0.2, 0) is 9.53 Å². The van der Waals surface area contributed by atoms with E-state index >= 15 is 0 Å². The highest BCUT2D eigenvalue weighted by Crippen LogP contribution is 2.34. The van der Waals surface area contributed by atoms with Gasteiger partial charge in [-0.25, -0.2) is 0 Å². The van der Waals surface area contributed by atoms with Crippen LogP contribution in [0.2, 0.25) is 0 Å². The monoisotopic (exact) mass is 241 g/mol. The summed E-state index contributed by atoms with van der Waals surface area (Å²) in [6, 6.07) is 0.264. The lowest BCUT2D eigenvalue weighted by molar-refractivity contribution is -0.150. The molecule has 1 saturated carbocycles. The molecule has 1 aliphatic heterocycles. The molecule has 4 heteroatoms. The third-order valence-electron chi connectivity index (χ3n) is 3.99. The Labute approximate surface area is 103 Å². The molecule has 1 saturated heterocycles. The molecule has 2 aliphatic rings. The van der Waals surface area contributed by atoms with Gasteiger partial charge in [-0.2, -0.15) is 0 Å². The predicted octanol–water partition coefficient (Wildman–Crippen LogP) is 1.74. The van der Waals surface area contributed by atoms with Gasteiger partial charge in [0.2, 0.25) is 0 Å². The molecule has 1 aliphatic carbocycles. The minimum Gasteiger partial charge on any atom is -0.481 e. The molecule has 0 aromatic carbocycles. The molecule has 0 aromatic heterocycles. The fourth-order valence-corrected chi connectivity index (χ4v) is 2.90. The van der Waals surface area contributed by atoms with E-state index in [4.69, 9.17) is 9.84 Å². The Balaban J connectivity index is 1.82. The van der Waals surface area contributed by atoms with E-state index in [2.05, 4.69) is 11.8 Å². The van der Waals surface area contributed by atoms with Crippen LogP contribution in [-0.4, -0.2) is 47.8 Å². The molecule has 3 unspecified atom stereocenters. The first-order chi connectivity index (χ1) is 8.22. The third-order valence-corrected chi connectivity index (χ3v) is 3.99. The summed E-state index contributed by atoms with van der Waals surface area (Å²) in [4.78, 5) is 13.4. The lowest BCUT2D eigenvalue weighted by Gasteiger charge is -2.45. The summed E-state index contributed by atoms with van der Waals surface area (Å²) in [6.45, 7) is 4.91. The van der Waals surface area contributed by atoms with Gasteiger partial charge in [0, 0.05) is 19.2 Å². The quantitative estimate of drug-likeness (QED) is 0.796. The van der Waals surface area contributed by atoms with E-state index in [-0.39, 0.29) is 12.0 Å². The van der Waals surface area contributed by atoms with Crippen molar-refractivity contribution in [1.29, 1.82) is 0 Å². The predicted molar refractivity (Wildman–Crippen MR) is 65.0 cm³/mol. The maximum absolute atomic E-state index is 11.0. The summed E-state index contributed by atoms with van der Waals surface area (Å²) in [5, 5.41) is 9.08. The Morgan fingerprint density at radius 3 is 2.82 bits per heavy atom. The van der Waals surface area contributed by atoms with Crippen LogP contribution in [0.3, 0.4) is 0 Å². The van der Waals surface area contributed by atoms with Gasteiger partial charge in [-0.05, 0) is 38.6 Å². The normalized spacial score (nSPS) is 34.3. The van der Waals surface area contributed by atoms with Crippen molar-refractivity contribution in [3.8, 4) is 0 Å². The van der Waals surface area contributed by atoms with Gasteiger partial charge in [-0.1, -0.05) is 6.92 Å². The van der Waals surface area contributed by atoms with Crippen molar-refractivity contribution in [2.45, 2.75) is 51.2 Å². The van der Waals surface area contributed by atoms with Crippen LogP contribution in [0.1, 0.15) is 39.0 Å². The molecular formula is C13H23NO3. The highest BCUT2D eigenvalue weighted by atomic mass is 16.5. The molecule has 0 aromatic rings. The summed E-state index contributed by atoms with van der Waals surface area (Å²) >= 11 is 0. The number of aliphatic carboxylic acids is 1. The summed E-state index contributed by atoms with van der Waals surface area (Å²) in [6.07, 6.45) is 5.52. The van der Waals surface area contributed by atoms with Crippen LogP contribution in [0.25, 0.3) is 0 Å². The number of rotatable bonds is 5. The number of carbonyl (C=O) groups is 1. The van der Waals surface area contributed by atoms with Crippen LogP contribution in [0.4, 0.5) is 0 Å². The van der Waals surface area contributed by atoms with Crippen LogP contribution >= 0.6 is 0 Å². The van der Waals surface area contributed by atoms with E-state index in [1.807, 2.05) is 0 Å². The Kier molecular flexibility index (Phi) is 4.40. The first-order valence-electron chi connectivity index (χ1n) is 6.80. The molecule has 98 valence electrons. The molecule has 17 heavy (non-hydrogen) atoms. The lowest BCUT2D eigenvalue weighted by Crippen LogP contribution is -2.54. The van der Waals surface area contributed by atoms with Gasteiger partial charge in [0.1, 0.15) is 0 Å². The molecule has 0 spiro atoms. The second-order valence-electron chi connectivity index (χ2n) is 5.22. The van der Waals surface area contributed by atoms with Gasteiger partial charge in [-0.15, -0.1) is 0 Å². The number of nitrogens with zero attached hydrogens (tertiary/aromatic N) is 1. The molecule has 4 nitrogen and oxygen atoms in total. The van der Waals surface area contributed by atoms with E-state index in [0.717, 1.165) is 51.8 Å². The molecule has 0 amide bonds. The molecule has 2 rings (SSSR count). The zero-order valence-electron chi connectivity index (χ0n) is 10.6. The second-order valence-corrected chi connectivity index (χ2v) is 5.22. The highest BCUT2D eigenvalue weighted by Gasteiger charge is 2.41. The largest absolute Gasteiger partial charge is 0.481 e. The summed E-state index contributed by atoms with van der Waals surface area (Å²) in [7, 11) is 0. The van der Waals surface area contributed by atoms with Crippen molar-refractivity contribution < 1.29 is 14.6 Å². The first kappa shape index (κ1) is 12.8. The average molecular weight is 241 g/mol. The van der Waals surface area contributed by atoms with Crippen molar-refractivity contribution in [2.24, 2.45) is 5.92 Å². The number of piperidine rings is 1. The topological polar surface area (TPSA) is 49.8 Å². The fourth-order valence-electron chi connectivity index (χ4n) is 2.90. The Morgan fingerprint density at radius 2 is 2.24 bits per heavy atom. The van der Waals surface area contributed by atoms with E-state index in [1.165, 1.54) is 0 Å². The molecular weight excluding hydrogens is 218 g/mol. The van der Waals surface area contributed by atoms with E-state index in [9.17, 15) is 4.79 Å². The molecule has 1 N–H and O–H groups in total. The first-order valence-corrected chi connectivity index (χ1v) is 6.80. The molecule has 0 radical (unpaired) electrons. The van der Waals surface area contributed by atoms with Crippen LogP contribution in [0.5, 0.6) is 0 Å². The van der Waals surface area contributed by atoms with Crippen molar-refractivity contribution in [3.05, 3.63) is 0 Å². The zero-order valence-corrected chi connectivity index (χ0v) is 10.6. The van der Waals surface area contributed by atoms with Gasteiger partial charge in [0.05, 0.1) is 12.0 Å². The average Bonchev–Trinajstić information content (AvgIpc) is 2.24. The Bertz CT molecular complexity index is 269. The van der Waals surface area contributed by atoms with Crippen LogP contribution in [0.15, 0.2) is 0 Å². The van der Waals surface area contributed by atoms with Crippen molar-refractivity contribution in [2.75, 3.05) is 19.7 Å². The van der Waals surface area contributed by atoms with Crippen LogP contribution in [0, 0.1) is 5.92 Å². The molecule has 2 fully saturated rings. The maximum atomic E-state index is 11.0. The molecule has 3 atom stereocenters. The molecule has 0 bridgehead atoms. The number of likely N-dealkylation sites (tertiary alicyclic amines) is 1. The third kappa shape index (κ3) is 2.99. The van der Waals surface area contributed by atoms with Gasteiger partial charge < -0.3 is 9.84 Å². The second kappa shape index (κ2) is 5.83. The summed E-state index contributed by atoms with van der Waals surface area (Å²) in [5.74, 6) is -0.766. The highest BCUT2D eigenvalue weighted by molar-refractivity contribution is 5.72. The fraction of sp³-hybridized carbons (Fsp3) is 0.923. The number of ether oxygens (including phenoxy) is 1. The summed E-state index contributed by atoms with van der Waals surface area (Å²) < 4.78 is 5.79. The molecule has 1 heterocycles. The Hall–Kier alpha value is -0.610. The van der Waals surface area contributed by atoms with Gasteiger partial charge in [0.25, 0.3) is 0 Å². The van der Waals surface area contributed by atoms with Crippen LogP contribution < -0.4 is 0 Å². The number of carboxylic acid groups (broad SMARTS) is 1. The standard InChI is InChI=1S/C13H23NO3/c1-2-8-17-10-4-3-7-14(9-10)12-6-5-11(12)13(15)16/h10-12H,2-9H2,1H3,(H,15,16). The number of carboxylic acids is 1.